The van der Waals surface area contributed by atoms with E-state index in [4.69, 9.17) is 9.47 Å². The number of benzene rings is 1. The Morgan fingerprint density at radius 1 is 1.02 bits per heavy atom. The number of ether oxygens (including phenoxy) is 2. The Hall–Kier alpha value is -3.47. The molecule has 248 valence electrons. The minimum atomic E-state index is -0.682. The van der Waals surface area contributed by atoms with Crippen LogP contribution in [0, 0.1) is 18.8 Å². The highest BCUT2D eigenvalue weighted by Gasteiger charge is 2.42. The molecule has 0 N–H and O–H groups in total. The van der Waals surface area contributed by atoms with Crippen molar-refractivity contribution in [3.8, 4) is 5.69 Å². The second-order valence-corrected chi connectivity index (χ2v) is 13.9. The van der Waals surface area contributed by atoms with Gasteiger partial charge in [0.25, 0.3) is 5.91 Å². The van der Waals surface area contributed by atoms with Gasteiger partial charge in [0, 0.05) is 46.4 Å². The Morgan fingerprint density at radius 2 is 1.71 bits per heavy atom. The lowest BCUT2D eigenvalue weighted by atomic mass is 9.91. The first-order chi connectivity index (χ1) is 21.4. The summed E-state index contributed by atoms with van der Waals surface area (Å²) in [5.74, 6) is -0.455. The van der Waals surface area contributed by atoms with Crippen molar-refractivity contribution < 1.29 is 23.9 Å². The highest BCUT2D eigenvalue weighted by Crippen LogP contribution is 2.28. The number of aromatic nitrogens is 3. The number of aryl methyl sites for hydroxylation is 1. The highest BCUT2D eigenvalue weighted by molar-refractivity contribution is 5.94. The quantitative estimate of drug-likeness (QED) is 0.328. The lowest BCUT2D eigenvalue weighted by molar-refractivity contribution is -0.137. The first-order valence-electron chi connectivity index (χ1n) is 16.5. The van der Waals surface area contributed by atoms with Gasteiger partial charge in [-0.2, -0.15) is 0 Å². The molecule has 3 amide bonds. The van der Waals surface area contributed by atoms with E-state index in [1.165, 1.54) is 0 Å². The van der Waals surface area contributed by atoms with Gasteiger partial charge in [-0.05, 0) is 84.3 Å². The largest absolute Gasteiger partial charge is 0.444 e. The Bertz CT molecular complexity index is 1300. The third-order valence-corrected chi connectivity index (χ3v) is 8.37. The van der Waals surface area contributed by atoms with Crippen LogP contribution in [0.3, 0.4) is 0 Å². The summed E-state index contributed by atoms with van der Waals surface area (Å²) >= 11 is 0. The molecule has 1 aromatic carbocycles. The molecule has 2 aliphatic rings. The van der Waals surface area contributed by atoms with Gasteiger partial charge in [-0.1, -0.05) is 36.8 Å². The van der Waals surface area contributed by atoms with E-state index in [2.05, 4.69) is 24.2 Å². The molecular weight excluding hydrogens is 572 g/mol. The van der Waals surface area contributed by atoms with Crippen LogP contribution in [0.15, 0.2) is 24.3 Å². The molecule has 4 rings (SSSR count). The molecule has 0 bridgehead atoms. The van der Waals surface area contributed by atoms with Gasteiger partial charge in [0.2, 0.25) is 5.91 Å². The van der Waals surface area contributed by atoms with Crippen LogP contribution < -0.4 is 0 Å². The molecule has 1 aromatic heterocycles. The van der Waals surface area contributed by atoms with E-state index in [1.54, 1.807) is 16.7 Å². The van der Waals surface area contributed by atoms with Crippen molar-refractivity contribution in [2.45, 2.75) is 91.7 Å². The standard InChI is InChI=1S/C34H52N6O5/c1-24(2)21-39(28-20-26(31(41)37-17-9-10-18-37)22-38(23-28)33(43)45-34(4,5)6)32(42)30-29(12-8-11-19-44-7)40(36-35-30)27-15-13-25(3)14-16-27/h13-16,24,26,28H,8-12,17-23H2,1-7H3/t26-,28+/m1/s1. The number of hydrogen-bond acceptors (Lipinski definition) is 7. The van der Waals surface area contributed by atoms with Crippen molar-refractivity contribution in [1.29, 1.82) is 0 Å². The van der Waals surface area contributed by atoms with E-state index in [9.17, 15) is 14.4 Å². The lowest BCUT2D eigenvalue weighted by Gasteiger charge is -2.43. The van der Waals surface area contributed by atoms with E-state index in [0.717, 1.165) is 55.7 Å². The van der Waals surface area contributed by atoms with Gasteiger partial charge in [0.05, 0.1) is 23.3 Å². The number of methoxy groups -OCH3 is 1. The average Bonchev–Trinajstić information content (AvgIpc) is 3.67. The molecule has 0 aliphatic carbocycles. The number of carbonyl (C=O) groups excluding carboxylic acids is 3. The van der Waals surface area contributed by atoms with Crippen LogP contribution in [0.4, 0.5) is 4.79 Å². The molecule has 2 fully saturated rings. The van der Waals surface area contributed by atoms with Crippen LogP contribution in [0.25, 0.3) is 5.69 Å². The Balaban J connectivity index is 1.69. The van der Waals surface area contributed by atoms with Gasteiger partial charge >= 0.3 is 6.09 Å². The summed E-state index contributed by atoms with van der Waals surface area (Å²) in [4.78, 5) is 47.0. The van der Waals surface area contributed by atoms with Gasteiger partial charge in [-0.25, -0.2) is 9.48 Å². The van der Waals surface area contributed by atoms with E-state index >= 15 is 0 Å². The Labute approximate surface area is 268 Å². The lowest BCUT2D eigenvalue weighted by Crippen LogP contribution is -2.58. The maximum absolute atomic E-state index is 14.6. The zero-order valence-electron chi connectivity index (χ0n) is 28.3. The van der Waals surface area contributed by atoms with Crippen LogP contribution in [-0.2, 0) is 20.7 Å². The van der Waals surface area contributed by atoms with Crippen LogP contribution in [0.1, 0.15) is 88.5 Å². The van der Waals surface area contributed by atoms with E-state index in [1.807, 2.05) is 61.8 Å². The van der Waals surface area contributed by atoms with Crippen molar-refractivity contribution in [3.05, 3.63) is 41.2 Å². The molecule has 2 aliphatic heterocycles. The SMILES string of the molecule is COCCCCc1c(C(=O)N(CC(C)C)[C@H]2C[C@@H](C(=O)N3CCCC3)CN(C(=O)OC(C)(C)C)C2)nnn1-c1ccc(C)cc1. The van der Waals surface area contributed by atoms with Gasteiger partial charge in [0.1, 0.15) is 5.60 Å². The summed E-state index contributed by atoms with van der Waals surface area (Å²) in [7, 11) is 1.68. The third kappa shape index (κ3) is 9.05. The maximum Gasteiger partial charge on any atom is 0.410 e. The predicted octanol–water partition coefficient (Wildman–Crippen LogP) is 4.89. The highest BCUT2D eigenvalue weighted by atomic mass is 16.6. The van der Waals surface area contributed by atoms with Crippen molar-refractivity contribution in [2.75, 3.05) is 46.4 Å². The number of rotatable bonds is 11. The normalized spacial score (nSPS) is 18.8. The topological polar surface area (TPSA) is 110 Å². The molecule has 3 heterocycles. The van der Waals surface area contributed by atoms with Crippen molar-refractivity contribution in [3.63, 3.8) is 0 Å². The Morgan fingerprint density at radius 3 is 2.33 bits per heavy atom. The van der Waals surface area contributed by atoms with Gasteiger partial charge in [-0.15, -0.1) is 5.10 Å². The number of likely N-dealkylation sites (tertiary alicyclic amines) is 2. The first-order valence-corrected chi connectivity index (χ1v) is 16.5. The van der Waals surface area contributed by atoms with Gasteiger partial charge in [-0.3, -0.25) is 9.59 Å². The summed E-state index contributed by atoms with van der Waals surface area (Å²) in [6, 6.07) is 7.62. The summed E-state index contributed by atoms with van der Waals surface area (Å²) in [6.07, 6.45) is 4.23. The molecule has 0 spiro atoms. The number of amides is 3. The fourth-order valence-electron chi connectivity index (χ4n) is 6.20. The molecule has 11 nitrogen and oxygen atoms in total. The molecule has 0 unspecified atom stereocenters. The molecule has 0 radical (unpaired) electrons. The molecule has 45 heavy (non-hydrogen) atoms. The van der Waals surface area contributed by atoms with E-state index in [0.29, 0.717) is 31.7 Å². The zero-order valence-corrected chi connectivity index (χ0v) is 28.3. The van der Waals surface area contributed by atoms with Crippen LogP contribution in [0.5, 0.6) is 0 Å². The number of piperidine rings is 1. The van der Waals surface area contributed by atoms with Crippen molar-refractivity contribution in [2.24, 2.45) is 11.8 Å². The number of carbonyl (C=O) groups is 3. The number of hydrogen-bond donors (Lipinski definition) is 0. The van der Waals surface area contributed by atoms with Gasteiger partial charge in [0.15, 0.2) is 5.69 Å². The van der Waals surface area contributed by atoms with Crippen molar-refractivity contribution in [1.82, 2.24) is 29.7 Å². The smallest absolute Gasteiger partial charge is 0.410 e. The minimum absolute atomic E-state index is 0.0480. The third-order valence-electron chi connectivity index (χ3n) is 8.37. The Kier molecular flexibility index (Phi) is 11.6. The predicted molar refractivity (Wildman–Crippen MR) is 172 cm³/mol. The molecule has 11 heteroatoms. The fourth-order valence-corrected chi connectivity index (χ4v) is 6.20. The zero-order chi connectivity index (χ0) is 32.7. The molecular formula is C34H52N6O5. The van der Waals surface area contributed by atoms with Gasteiger partial charge < -0.3 is 24.2 Å². The average molecular weight is 625 g/mol. The summed E-state index contributed by atoms with van der Waals surface area (Å²) in [5, 5.41) is 8.93. The minimum Gasteiger partial charge on any atom is -0.444 e. The van der Waals surface area contributed by atoms with Crippen LogP contribution in [0.2, 0.25) is 0 Å². The molecule has 0 saturated carbocycles. The van der Waals surface area contributed by atoms with Crippen LogP contribution in [-0.4, -0.2) is 106 Å². The summed E-state index contributed by atoms with van der Waals surface area (Å²) in [5.41, 5.74) is 2.35. The number of unbranched alkanes of at least 4 members (excludes halogenated alkanes) is 1. The van der Waals surface area contributed by atoms with E-state index < -0.39 is 17.6 Å². The molecule has 2 atom stereocenters. The fraction of sp³-hybridized carbons (Fsp3) is 0.676. The number of nitrogens with zero attached hydrogens (tertiary/aromatic N) is 6. The van der Waals surface area contributed by atoms with E-state index in [-0.39, 0.29) is 36.9 Å². The molecule has 2 saturated heterocycles. The summed E-state index contributed by atoms with van der Waals surface area (Å²) in [6.45, 7) is 14.8. The molecule has 2 aromatic rings. The van der Waals surface area contributed by atoms with Crippen molar-refractivity contribution >= 4 is 17.9 Å². The second kappa shape index (κ2) is 15.2. The second-order valence-electron chi connectivity index (χ2n) is 13.9. The monoisotopic (exact) mass is 624 g/mol. The summed E-state index contributed by atoms with van der Waals surface area (Å²) < 4.78 is 12.8. The first kappa shape index (κ1) is 34.4. The van der Waals surface area contributed by atoms with Crippen LogP contribution >= 0.6 is 0 Å². The maximum atomic E-state index is 14.6.